The number of pyridine rings is 2. The Kier molecular flexibility index (Phi) is 4.11. The van der Waals surface area contributed by atoms with Crippen molar-refractivity contribution >= 4 is 17.7 Å². The van der Waals surface area contributed by atoms with Gasteiger partial charge in [-0.2, -0.15) is 0 Å². The van der Waals surface area contributed by atoms with E-state index in [4.69, 9.17) is 22.1 Å². The molecule has 0 spiro atoms. The van der Waals surface area contributed by atoms with Crippen LogP contribution < -0.4 is 10.5 Å². The van der Waals surface area contributed by atoms with Gasteiger partial charge in [0.05, 0.1) is 16.9 Å². The highest BCUT2D eigenvalue weighted by Crippen LogP contribution is 2.32. The summed E-state index contributed by atoms with van der Waals surface area (Å²) in [5, 5.41) is 10.1. The number of aromatic nitrogens is 2. The van der Waals surface area contributed by atoms with Crippen molar-refractivity contribution in [3.63, 3.8) is 0 Å². The number of hydrogen-bond donors (Lipinski definition) is 2. The third kappa shape index (κ3) is 3.48. The van der Waals surface area contributed by atoms with E-state index in [0.717, 1.165) is 0 Å². The summed E-state index contributed by atoms with van der Waals surface area (Å²) in [5.41, 5.74) is 5.34. The Hall–Kier alpha value is -2.18. The van der Waals surface area contributed by atoms with Crippen LogP contribution in [0.5, 0.6) is 5.75 Å². The number of carbonyl (C=O) groups excluding carboxylic acids is 1. The lowest BCUT2D eigenvalue weighted by Gasteiger charge is -2.19. The molecule has 0 radical (unpaired) electrons. The van der Waals surface area contributed by atoms with Gasteiger partial charge in [0.25, 0.3) is 0 Å². The van der Waals surface area contributed by atoms with Crippen LogP contribution in [0.3, 0.4) is 0 Å². The van der Waals surface area contributed by atoms with Gasteiger partial charge in [-0.05, 0) is 19.9 Å². The predicted octanol–water partition coefficient (Wildman–Crippen LogP) is 2.48. The Bertz CT molecular complexity index is 683. The fourth-order valence-electron chi connectivity index (χ4n) is 1.81. The van der Waals surface area contributed by atoms with Crippen molar-refractivity contribution in [1.29, 1.82) is 0 Å². The highest BCUT2D eigenvalue weighted by molar-refractivity contribution is 6.30. The standard InChI is InChI=1S/C14H14ClN3O3/c1-14(2,20)9-3-4-10(18-12(9)15)8-7-17-6-5-11(8)21-13(16)19/h3-7,20H,1-2H3,(H2,16,19). The number of amides is 1. The monoisotopic (exact) mass is 307 g/mol. The van der Waals surface area contributed by atoms with Crippen LogP contribution in [0, 0.1) is 0 Å². The zero-order valence-electron chi connectivity index (χ0n) is 11.5. The maximum atomic E-state index is 10.9. The van der Waals surface area contributed by atoms with Gasteiger partial charge in [0, 0.05) is 24.0 Å². The molecule has 2 aromatic heterocycles. The number of primary amides is 1. The Morgan fingerprint density at radius 1 is 1.38 bits per heavy atom. The molecule has 0 saturated heterocycles. The Morgan fingerprint density at radius 3 is 2.67 bits per heavy atom. The summed E-state index contributed by atoms with van der Waals surface area (Å²) in [6.07, 6.45) is 2.02. The second kappa shape index (κ2) is 5.67. The lowest BCUT2D eigenvalue weighted by atomic mass is 9.99. The Morgan fingerprint density at radius 2 is 2.10 bits per heavy atom. The first-order valence-corrected chi connectivity index (χ1v) is 6.48. The molecule has 0 bridgehead atoms. The summed E-state index contributed by atoms with van der Waals surface area (Å²) in [6, 6.07) is 4.81. The molecule has 3 N–H and O–H groups in total. The molecule has 0 aromatic carbocycles. The van der Waals surface area contributed by atoms with Crippen molar-refractivity contribution in [3.05, 3.63) is 41.3 Å². The minimum Gasteiger partial charge on any atom is -0.410 e. The summed E-state index contributed by atoms with van der Waals surface area (Å²) in [7, 11) is 0. The lowest BCUT2D eigenvalue weighted by molar-refractivity contribution is 0.0784. The third-order valence-electron chi connectivity index (χ3n) is 2.78. The molecular formula is C14H14ClN3O3. The zero-order chi connectivity index (χ0) is 15.6. The highest BCUT2D eigenvalue weighted by Gasteiger charge is 2.21. The van der Waals surface area contributed by atoms with Crippen molar-refractivity contribution in [2.75, 3.05) is 0 Å². The van der Waals surface area contributed by atoms with Crippen molar-refractivity contribution in [2.24, 2.45) is 5.73 Å². The zero-order valence-corrected chi connectivity index (χ0v) is 12.3. The van der Waals surface area contributed by atoms with Crippen molar-refractivity contribution in [3.8, 4) is 17.0 Å². The van der Waals surface area contributed by atoms with Crippen LogP contribution in [-0.4, -0.2) is 21.2 Å². The van der Waals surface area contributed by atoms with E-state index in [0.29, 0.717) is 16.8 Å². The minimum absolute atomic E-state index is 0.161. The van der Waals surface area contributed by atoms with Crippen LogP contribution in [0.15, 0.2) is 30.6 Å². The van der Waals surface area contributed by atoms with E-state index in [2.05, 4.69) is 9.97 Å². The number of nitrogens with zero attached hydrogens (tertiary/aromatic N) is 2. The van der Waals surface area contributed by atoms with E-state index in [1.54, 1.807) is 26.0 Å². The Balaban J connectivity index is 2.49. The summed E-state index contributed by atoms with van der Waals surface area (Å²) in [4.78, 5) is 19.1. The van der Waals surface area contributed by atoms with E-state index in [9.17, 15) is 9.90 Å². The number of carbonyl (C=O) groups is 1. The SMILES string of the molecule is CC(C)(O)c1ccc(-c2cnccc2OC(N)=O)nc1Cl. The van der Waals surface area contributed by atoms with E-state index < -0.39 is 11.7 Å². The van der Waals surface area contributed by atoms with Gasteiger partial charge in [-0.15, -0.1) is 0 Å². The summed E-state index contributed by atoms with van der Waals surface area (Å²) < 4.78 is 4.90. The van der Waals surface area contributed by atoms with Crippen LogP contribution in [0.25, 0.3) is 11.3 Å². The first kappa shape index (κ1) is 15.2. The summed E-state index contributed by atoms with van der Waals surface area (Å²) >= 11 is 6.10. The number of halogens is 1. The maximum Gasteiger partial charge on any atom is 0.409 e. The number of hydrogen-bond acceptors (Lipinski definition) is 5. The smallest absolute Gasteiger partial charge is 0.409 e. The fourth-order valence-corrected chi connectivity index (χ4v) is 2.20. The summed E-state index contributed by atoms with van der Waals surface area (Å²) in [6.45, 7) is 3.22. The average molecular weight is 308 g/mol. The van der Waals surface area contributed by atoms with Gasteiger partial charge in [0.15, 0.2) is 0 Å². The van der Waals surface area contributed by atoms with Crippen molar-refractivity contribution in [1.82, 2.24) is 9.97 Å². The third-order valence-corrected chi connectivity index (χ3v) is 3.06. The number of ether oxygens (including phenoxy) is 1. The molecule has 2 rings (SSSR count). The molecule has 110 valence electrons. The highest BCUT2D eigenvalue weighted by atomic mass is 35.5. The van der Waals surface area contributed by atoms with E-state index in [-0.39, 0.29) is 10.9 Å². The van der Waals surface area contributed by atoms with Gasteiger partial charge in [-0.1, -0.05) is 17.7 Å². The number of aliphatic hydroxyl groups is 1. The van der Waals surface area contributed by atoms with Crippen LogP contribution >= 0.6 is 11.6 Å². The van der Waals surface area contributed by atoms with Gasteiger partial charge < -0.3 is 15.6 Å². The van der Waals surface area contributed by atoms with E-state index in [1.807, 2.05) is 0 Å². The molecule has 6 nitrogen and oxygen atoms in total. The molecule has 0 fully saturated rings. The van der Waals surface area contributed by atoms with Gasteiger partial charge in [-0.25, -0.2) is 9.78 Å². The van der Waals surface area contributed by atoms with Crippen LogP contribution in [0.1, 0.15) is 19.4 Å². The van der Waals surface area contributed by atoms with Crippen LogP contribution in [-0.2, 0) is 5.60 Å². The minimum atomic E-state index is -1.11. The normalized spacial score (nSPS) is 11.2. The largest absolute Gasteiger partial charge is 0.410 e. The molecule has 2 aromatic rings. The van der Waals surface area contributed by atoms with Gasteiger partial charge in [-0.3, -0.25) is 4.98 Å². The second-order valence-electron chi connectivity index (χ2n) is 4.89. The fraction of sp³-hybridized carbons (Fsp3) is 0.214. The number of nitrogens with two attached hydrogens (primary N) is 1. The quantitative estimate of drug-likeness (QED) is 0.849. The molecule has 0 unspecified atom stereocenters. The van der Waals surface area contributed by atoms with E-state index >= 15 is 0 Å². The molecule has 21 heavy (non-hydrogen) atoms. The van der Waals surface area contributed by atoms with E-state index in [1.165, 1.54) is 18.5 Å². The molecule has 1 amide bonds. The number of rotatable bonds is 3. The Labute approximate surface area is 126 Å². The predicted molar refractivity (Wildman–Crippen MR) is 77.9 cm³/mol. The van der Waals surface area contributed by atoms with Crippen molar-refractivity contribution in [2.45, 2.75) is 19.4 Å². The lowest BCUT2D eigenvalue weighted by Crippen LogP contribution is -2.17. The average Bonchev–Trinajstić information content (AvgIpc) is 2.37. The van der Waals surface area contributed by atoms with Gasteiger partial charge in [0.1, 0.15) is 10.9 Å². The second-order valence-corrected chi connectivity index (χ2v) is 5.24. The first-order chi connectivity index (χ1) is 9.79. The van der Waals surface area contributed by atoms with Crippen LogP contribution in [0.4, 0.5) is 4.79 Å². The van der Waals surface area contributed by atoms with Crippen LogP contribution in [0.2, 0.25) is 5.15 Å². The van der Waals surface area contributed by atoms with Gasteiger partial charge >= 0.3 is 6.09 Å². The first-order valence-electron chi connectivity index (χ1n) is 6.10. The topological polar surface area (TPSA) is 98.3 Å². The molecule has 2 heterocycles. The molecule has 0 saturated carbocycles. The molecule has 0 aliphatic carbocycles. The molecule has 7 heteroatoms. The molecule has 0 atom stereocenters. The van der Waals surface area contributed by atoms with Crippen molar-refractivity contribution < 1.29 is 14.6 Å². The molecule has 0 aliphatic heterocycles. The molecule has 0 aliphatic rings. The maximum absolute atomic E-state index is 10.9. The summed E-state index contributed by atoms with van der Waals surface area (Å²) in [5.74, 6) is 0.233. The van der Waals surface area contributed by atoms with Gasteiger partial charge in [0.2, 0.25) is 0 Å². The molecular weight excluding hydrogens is 294 g/mol.